The number of hydrogen-bond acceptors (Lipinski definition) is 5. The first-order chi connectivity index (χ1) is 12.7. The number of aliphatic hydroxyl groups is 1. The highest BCUT2D eigenvalue weighted by molar-refractivity contribution is 7.87. The Morgan fingerprint density at radius 2 is 1.71 bits per heavy atom. The van der Waals surface area contributed by atoms with E-state index in [-0.39, 0.29) is 5.92 Å². The van der Waals surface area contributed by atoms with Crippen LogP contribution in [-0.2, 0) is 19.6 Å². The Labute approximate surface area is 162 Å². The fourth-order valence-corrected chi connectivity index (χ4v) is 3.98. The normalized spacial score (nSPS) is 22.1. The zero-order valence-electron chi connectivity index (χ0n) is 16.0. The minimum absolute atomic E-state index is 0.0570. The number of hydrogen-bond donors (Lipinski definition) is 2. The van der Waals surface area contributed by atoms with Crippen molar-refractivity contribution >= 4 is 16.1 Å². The van der Waals surface area contributed by atoms with Crippen LogP contribution in [0.4, 0.5) is 17.6 Å². The van der Waals surface area contributed by atoms with Crippen LogP contribution >= 0.6 is 0 Å². The van der Waals surface area contributed by atoms with Crippen molar-refractivity contribution in [3.8, 4) is 0 Å². The van der Waals surface area contributed by atoms with Gasteiger partial charge in [-0.15, -0.1) is 0 Å². The largest absolute Gasteiger partial charge is 0.465 e. The van der Waals surface area contributed by atoms with Crippen molar-refractivity contribution in [1.29, 1.82) is 0 Å². The molecule has 0 aromatic rings. The summed E-state index contributed by atoms with van der Waals surface area (Å²) >= 11 is 0. The number of rotatable bonds is 10. The zero-order valence-corrected chi connectivity index (χ0v) is 16.8. The van der Waals surface area contributed by atoms with Crippen LogP contribution in [0.15, 0.2) is 0 Å². The fraction of sp³-hybridized carbons (Fsp3) is 0.941. The molecule has 0 saturated heterocycles. The molecule has 2 atom stereocenters. The summed E-state index contributed by atoms with van der Waals surface area (Å²) in [6, 6.07) is 0. The van der Waals surface area contributed by atoms with E-state index in [9.17, 15) is 35.9 Å². The number of esters is 1. The van der Waals surface area contributed by atoms with E-state index < -0.39 is 51.8 Å². The maximum atomic E-state index is 13.4. The van der Waals surface area contributed by atoms with Gasteiger partial charge >= 0.3 is 27.3 Å². The first-order valence-electron chi connectivity index (χ1n) is 9.30. The average molecular weight is 436 g/mol. The van der Waals surface area contributed by atoms with E-state index >= 15 is 0 Å². The van der Waals surface area contributed by atoms with Crippen molar-refractivity contribution in [2.45, 2.75) is 82.0 Å². The molecule has 0 heterocycles. The third-order valence-electron chi connectivity index (χ3n) is 5.51. The molecule has 1 aliphatic rings. The van der Waals surface area contributed by atoms with Crippen LogP contribution < -0.4 is 0 Å². The molecule has 1 rings (SSSR count). The van der Waals surface area contributed by atoms with Gasteiger partial charge in [-0.05, 0) is 38.0 Å². The van der Waals surface area contributed by atoms with E-state index in [0.29, 0.717) is 38.5 Å². The Bertz CT molecular complexity index is 634. The Balaban J connectivity index is 2.59. The first-order valence-corrected chi connectivity index (χ1v) is 10.7. The molecule has 166 valence electrons. The number of carbonyl (C=O) groups is 1. The van der Waals surface area contributed by atoms with Gasteiger partial charge in [-0.2, -0.15) is 26.0 Å². The molecule has 1 aliphatic carbocycles. The molecule has 1 fully saturated rings. The molecule has 6 nitrogen and oxygen atoms in total. The van der Waals surface area contributed by atoms with Crippen LogP contribution in [0, 0.1) is 11.8 Å². The van der Waals surface area contributed by atoms with Gasteiger partial charge in [-0.1, -0.05) is 26.7 Å². The number of ether oxygens (including phenoxy) is 1. The smallest absolute Gasteiger partial charge is 0.431 e. The van der Waals surface area contributed by atoms with Crippen LogP contribution in [-0.4, -0.2) is 47.4 Å². The van der Waals surface area contributed by atoms with E-state index in [1.807, 2.05) is 13.8 Å². The van der Waals surface area contributed by atoms with Gasteiger partial charge < -0.3 is 9.84 Å². The van der Waals surface area contributed by atoms with Crippen LogP contribution in [0.25, 0.3) is 0 Å². The minimum atomic E-state index is -6.31. The second-order valence-corrected chi connectivity index (χ2v) is 8.94. The fourth-order valence-electron chi connectivity index (χ4n) is 3.50. The maximum Gasteiger partial charge on any atom is 0.431 e. The molecule has 1 saturated carbocycles. The molecular formula is C17H28F4O6S. The van der Waals surface area contributed by atoms with Gasteiger partial charge in [0.05, 0.1) is 24.5 Å². The van der Waals surface area contributed by atoms with Crippen molar-refractivity contribution in [3.05, 3.63) is 0 Å². The highest BCUT2D eigenvalue weighted by Gasteiger charge is 2.65. The maximum absolute atomic E-state index is 13.4. The zero-order chi connectivity index (χ0) is 21.8. The summed E-state index contributed by atoms with van der Waals surface area (Å²) in [6.45, 7) is 2.62. The van der Waals surface area contributed by atoms with Crippen LogP contribution in [0.1, 0.15) is 65.2 Å². The molecule has 28 heavy (non-hydrogen) atoms. The summed E-state index contributed by atoms with van der Waals surface area (Å²) in [4.78, 5) is 12.1. The molecule has 2 N–H and O–H groups in total. The van der Waals surface area contributed by atoms with E-state index in [1.54, 1.807) is 0 Å². The summed E-state index contributed by atoms with van der Waals surface area (Å²) in [5.41, 5.74) is -0.833. The Kier molecular flexibility index (Phi) is 8.29. The van der Waals surface area contributed by atoms with Crippen molar-refractivity contribution < 1.29 is 45.2 Å². The number of carbonyl (C=O) groups excluding carboxylic acids is 1. The number of halogens is 4. The molecule has 0 radical (unpaired) electrons. The SMILES string of the molecule is CCC(O)(CC)CC1CCCC(C(=O)OCCC(F)(F)C(F)(F)S(=O)(=O)O)C1. The molecule has 0 bridgehead atoms. The van der Waals surface area contributed by atoms with Crippen LogP contribution in [0.2, 0.25) is 0 Å². The lowest BCUT2D eigenvalue weighted by molar-refractivity contribution is -0.176. The van der Waals surface area contributed by atoms with Crippen molar-refractivity contribution in [2.75, 3.05) is 6.61 Å². The van der Waals surface area contributed by atoms with Gasteiger partial charge in [-0.3, -0.25) is 9.35 Å². The lowest BCUT2D eigenvalue weighted by atomic mass is 9.75. The van der Waals surface area contributed by atoms with E-state index in [4.69, 9.17) is 4.55 Å². The second-order valence-electron chi connectivity index (χ2n) is 7.48. The lowest BCUT2D eigenvalue weighted by Gasteiger charge is -2.34. The van der Waals surface area contributed by atoms with Crippen LogP contribution in [0.3, 0.4) is 0 Å². The van der Waals surface area contributed by atoms with E-state index in [1.165, 1.54) is 0 Å². The molecule has 0 aromatic heterocycles. The lowest BCUT2D eigenvalue weighted by Crippen LogP contribution is -2.47. The summed E-state index contributed by atoms with van der Waals surface area (Å²) < 4.78 is 86.9. The molecule has 0 aliphatic heterocycles. The van der Waals surface area contributed by atoms with Gasteiger partial charge in [0.25, 0.3) is 0 Å². The molecule has 0 amide bonds. The molecule has 0 spiro atoms. The summed E-state index contributed by atoms with van der Waals surface area (Å²) in [5, 5.41) is 4.77. The monoisotopic (exact) mass is 436 g/mol. The molecule has 11 heteroatoms. The van der Waals surface area contributed by atoms with E-state index in [2.05, 4.69) is 4.74 Å². The quantitative estimate of drug-likeness (QED) is 0.307. The predicted octanol–water partition coefficient (Wildman–Crippen LogP) is 3.78. The Morgan fingerprint density at radius 1 is 1.14 bits per heavy atom. The average Bonchev–Trinajstić information content (AvgIpc) is 2.60. The predicted molar refractivity (Wildman–Crippen MR) is 92.6 cm³/mol. The third-order valence-corrected chi connectivity index (χ3v) is 6.46. The molecule has 2 unspecified atom stereocenters. The number of alkyl halides is 4. The van der Waals surface area contributed by atoms with Gasteiger partial charge in [0.2, 0.25) is 0 Å². The van der Waals surface area contributed by atoms with Crippen molar-refractivity contribution in [1.82, 2.24) is 0 Å². The standard InChI is InChI=1S/C17H28F4O6S/c1-3-15(23,4-2)11-12-6-5-7-13(10-12)14(22)27-9-8-16(18,19)17(20,21)28(24,25)26/h12-13,23H,3-11H2,1-2H3,(H,24,25,26). The summed E-state index contributed by atoms with van der Waals surface area (Å²) in [6.07, 6.45) is 2.24. The Hall–Kier alpha value is -0.940. The minimum Gasteiger partial charge on any atom is -0.465 e. The van der Waals surface area contributed by atoms with Gasteiger partial charge in [0.15, 0.2) is 0 Å². The van der Waals surface area contributed by atoms with Crippen LogP contribution in [0.5, 0.6) is 0 Å². The third kappa shape index (κ3) is 6.03. The topological polar surface area (TPSA) is 101 Å². The summed E-state index contributed by atoms with van der Waals surface area (Å²) in [5.74, 6) is -6.43. The van der Waals surface area contributed by atoms with Gasteiger partial charge in [0, 0.05) is 0 Å². The van der Waals surface area contributed by atoms with E-state index in [0.717, 1.165) is 6.42 Å². The Morgan fingerprint density at radius 3 is 2.21 bits per heavy atom. The van der Waals surface area contributed by atoms with Crippen molar-refractivity contribution in [3.63, 3.8) is 0 Å². The van der Waals surface area contributed by atoms with Gasteiger partial charge in [-0.25, -0.2) is 0 Å². The van der Waals surface area contributed by atoms with Gasteiger partial charge in [0.1, 0.15) is 0 Å². The highest BCUT2D eigenvalue weighted by Crippen LogP contribution is 2.41. The molecule has 0 aromatic carbocycles. The highest BCUT2D eigenvalue weighted by atomic mass is 32.2. The van der Waals surface area contributed by atoms with Crippen molar-refractivity contribution in [2.24, 2.45) is 11.8 Å². The first kappa shape index (κ1) is 25.1. The molecular weight excluding hydrogens is 408 g/mol. The summed E-state index contributed by atoms with van der Waals surface area (Å²) in [7, 11) is -6.31. The second kappa shape index (κ2) is 9.25.